The van der Waals surface area contributed by atoms with Gasteiger partial charge in [-0.15, -0.1) is 0 Å². The lowest BCUT2D eigenvalue weighted by Crippen LogP contribution is -1.98. The van der Waals surface area contributed by atoms with Gasteiger partial charge in [0, 0.05) is 22.5 Å². The van der Waals surface area contributed by atoms with E-state index in [9.17, 15) is 14.9 Å². The Bertz CT molecular complexity index is 795. The average Bonchev–Trinajstić information content (AvgIpc) is 2.64. The number of hydrogen-bond donors (Lipinski definition) is 1. The normalized spacial score (nSPS) is 10.0. The number of carbonyl (C=O) groups is 1. The Hall–Kier alpha value is -2.58. The van der Waals surface area contributed by atoms with Crippen molar-refractivity contribution in [2.75, 3.05) is 11.9 Å². The summed E-state index contributed by atoms with van der Waals surface area (Å²) >= 11 is 8.83. The molecule has 0 amide bonds. The second kappa shape index (κ2) is 11.9. The minimum atomic E-state index is -0.568. The van der Waals surface area contributed by atoms with Gasteiger partial charge < -0.3 is 14.6 Å². The predicted molar refractivity (Wildman–Crippen MR) is 106 cm³/mol. The van der Waals surface area contributed by atoms with Gasteiger partial charge in [-0.1, -0.05) is 33.6 Å². The number of aromatic hydroxyl groups is 1. The minimum absolute atomic E-state index is 0.0907. The van der Waals surface area contributed by atoms with Crippen molar-refractivity contribution in [3.8, 4) is 17.2 Å². The van der Waals surface area contributed by atoms with Crippen molar-refractivity contribution in [1.29, 1.82) is 0 Å². The van der Waals surface area contributed by atoms with E-state index in [1.165, 1.54) is 48.5 Å². The molecule has 0 heterocycles. The number of esters is 1. The van der Waals surface area contributed by atoms with Gasteiger partial charge in [0.15, 0.2) is 0 Å². The number of carbonyl (C=O) groups excluding carboxylic acids is 1. The Labute approximate surface area is 169 Å². The van der Waals surface area contributed by atoms with Crippen LogP contribution in [0.25, 0.3) is 0 Å². The molecule has 0 spiro atoms. The topological polar surface area (TPSA) is 98.9 Å². The van der Waals surface area contributed by atoms with Crippen LogP contribution in [0.4, 0.5) is 5.69 Å². The Morgan fingerprint density at radius 3 is 2.52 bits per heavy atom. The lowest BCUT2D eigenvalue weighted by Gasteiger charge is -2.06. The van der Waals surface area contributed by atoms with E-state index in [0.717, 1.165) is 0 Å². The van der Waals surface area contributed by atoms with Gasteiger partial charge in [0.05, 0.1) is 11.5 Å². The summed E-state index contributed by atoms with van der Waals surface area (Å²) in [6, 6.07) is 10.0. The number of halogens is 2. The first-order chi connectivity index (χ1) is 12.9. The van der Waals surface area contributed by atoms with Crippen LogP contribution in [0.5, 0.6) is 17.2 Å². The van der Waals surface area contributed by atoms with Crippen molar-refractivity contribution < 1.29 is 24.3 Å². The third-order valence-electron chi connectivity index (χ3n) is 2.81. The van der Waals surface area contributed by atoms with E-state index in [0.29, 0.717) is 17.7 Å². The molecule has 0 aliphatic rings. The molecular weight excluding hydrogens is 442 g/mol. The molecule has 27 heavy (non-hydrogen) atoms. The van der Waals surface area contributed by atoms with Gasteiger partial charge in [0.2, 0.25) is 5.75 Å². The Morgan fingerprint density at radius 1 is 1.30 bits per heavy atom. The molecule has 0 aliphatic heterocycles. The number of allylic oxidation sites excluding steroid dienone is 1. The standard InChI is InChI=1S/C12H8ClNO4.C6H9BrO2/c13-8-1-6-12(11(7-8)14(16)17)18-10-4-2-9(15)3-5-10;1-2-9-6(8)4-3-5-7/h1-7,15H;3-4H,2,5H2,1H3. The molecular formula is C18H17BrClNO6. The molecule has 0 radical (unpaired) electrons. The molecule has 0 fully saturated rings. The zero-order valence-electron chi connectivity index (χ0n) is 14.3. The number of rotatable bonds is 6. The predicted octanol–water partition coefficient (Wildman–Crippen LogP) is 5.25. The van der Waals surface area contributed by atoms with Gasteiger partial charge in [-0.05, 0) is 43.3 Å². The van der Waals surface area contributed by atoms with E-state index in [4.69, 9.17) is 21.4 Å². The van der Waals surface area contributed by atoms with E-state index in [1.54, 1.807) is 13.0 Å². The van der Waals surface area contributed by atoms with Crippen molar-refractivity contribution in [1.82, 2.24) is 0 Å². The monoisotopic (exact) mass is 457 g/mol. The van der Waals surface area contributed by atoms with E-state index >= 15 is 0 Å². The summed E-state index contributed by atoms with van der Waals surface area (Å²) in [7, 11) is 0. The second-order valence-corrected chi connectivity index (χ2v) is 5.86. The average molecular weight is 459 g/mol. The smallest absolute Gasteiger partial charge is 0.330 e. The van der Waals surface area contributed by atoms with Crippen LogP contribution in [0.15, 0.2) is 54.6 Å². The van der Waals surface area contributed by atoms with Crippen LogP contribution in [0.1, 0.15) is 6.92 Å². The van der Waals surface area contributed by atoms with Crippen LogP contribution in [-0.4, -0.2) is 27.9 Å². The lowest BCUT2D eigenvalue weighted by molar-refractivity contribution is -0.385. The summed E-state index contributed by atoms with van der Waals surface area (Å²) in [5.74, 6) is 0.290. The second-order valence-electron chi connectivity index (χ2n) is 4.77. The van der Waals surface area contributed by atoms with E-state index in [1.807, 2.05) is 0 Å². The van der Waals surface area contributed by atoms with E-state index < -0.39 is 4.92 Å². The van der Waals surface area contributed by atoms with Crippen molar-refractivity contribution in [2.45, 2.75) is 6.92 Å². The third kappa shape index (κ3) is 8.57. The first-order valence-electron chi connectivity index (χ1n) is 7.67. The number of hydrogen-bond acceptors (Lipinski definition) is 6. The quantitative estimate of drug-likeness (QED) is 0.209. The number of nitro groups is 1. The highest BCUT2D eigenvalue weighted by molar-refractivity contribution is 9.09. The molecule has 2 aromatic rings. The molecule has 9 heteroatoms. The van der Waals surface area contributed by atoms with Crippen molar-refractivity contribution >= 4 is 39.2 Å². The first kappa shape index (κ1) is 22.5. The molecule has 0 atom stereocenters. The fourth-order valence-electron chi connectivity index (χ4n) is 1.69. The molecule has 144 valence electrons. The third-order valence-corrected chi connectivity index (χ3v) is 3.42. The zero-order valence-corrected chi connectivity index (χ0v) is 16.6. The fraction of sp³-hybridized carbons (Fsp3) is 0.167. The van der Waals surface area contributed by atoms with Gasteiger partial charge >= 0.3 is 11.7 Å². The summed E-state index contributed by atoms with van der Waals surface area (Å²) in [4.78, 5) is 20.7. The van der Waals surface area contributed by atoms with Crippen LogP contribution in [-0.2, 0) is 9.53 Å². The molecule has 2 rings (SSSR count). The van der Waals surface area contributed by atoms with Gasteiger partial charge in [-0.2, -0.15) is 0 Å². The SMILES string of the molecule is CCOC(=O)C=CCBr.O=[N+]([O-])c1cc(Cl)ccc1Oc1ccc(O)cc1. The molecule has 0 unspecified atom stereocenters. The van der Waals surface area contributed by atoms with Crippen molar-refractivity contribution in [3.05, 3.63) is 69.8 Å². The molecule has 0 bridgehead atoms. The Balaban J connectivity index is 0.000000345. The largest absolute Gasteiger partial charge is 0.508 e. The van der Waals surface area contributed by atoms with Crippen LogP contribution in [0.2, 0.25) is 5.02 Å². The van der Waals surface area contributed by atoms with Gasteiger partial charge in [0.25, 0.3) is 0 Å². The molecule has 1 N–H and O–H groups in total. The summed E-state index contributed by atoms with van der Waals surface area (Å²) in [5.41, 5.74) is -0.212. The summed E-state index contributed by atoms with van der Waals surface area (Å²) in [6.07, 6.45) is 3.09. The minimum Gasteiger partial charge on any atom is -0.508 e. The van der Waals surface area contributed by atoms with Crippen molar-refractivity contribution in [3.63, 3.8) is 0 Å². The number of phenols is 1. The summed E-state index contributed by atoms with van der Waals surface area (Å²) < 4.78 is 9.97. The lowest BCUT2D eigenvalue weighted by atomic mass is 10.3. The molecule has 7 nitrogen and oxygen atoms in total. The maximum Gasteiger partial charge on any atom is 0.330 e. The van der Waals surface area contributed by atoms with Crippen LogP contribution >= 0.6 is 27.5 Å². The summed E-state index contributed by atoms with van der Waals surface area (Å²) in [5, 5.41) is 20.9. The fourth-order valence-corrected chi connectivity index (χ4v) is 2.05. The molecule has 0 saturated carbocycles. The molecule has 2 aromatic carbocycles. The Morgan fingerprint density at radius 2 is 1.96 bits per heavy atom. The van der Waals surface area contributed by atoms with Gasteiger partial charge in [-0.25, -0.2) is 4.79 Å². The zero-order chi connectivity index (χ0) is 20.2. The molecule has 0 saturated heterocycles. The van der Waals surface area contributed by atoms with E-state index in [-0.39, 0.29) is 28.2 Å². The summed E-state index contributed by atoms with van der Waals surface area (Å²) in [6.45, 7) is 2.21. The number of phenolic OH excluding ortho intramolecular Hbond substituents is 1. The highest BCUT2D eigenvalue weighted by Gasteiger charge is 2.16. The number of nitrogens with zero attached hydrogens (tertiary/aromatic N) is 1. The molecule has 0 aromatic heterocycles. The highest BCUT2D eigenvalue weighted by atomic mass is 79.9. The maximum atomic E-state index is 10.8. The highest BCUT2D eigenvalue weighted by Crippen LogP contribution is 2.33. The van der Waals surface area contributed by atoms with Crippen LogP contribution in [0.3, 0.4) is 0 Å². The number of benzene rings is 2. The van der Waals surface area contributed by atoms with Gasteiger partial charge in [-0.3, -0.25) is 10.1 Å². The number of ether oxygens (including phenoxy) is 2. The molecule has 0 aliphatic carbocycles. The van der Waals surface area contributed by atoms with Gasteiger partial charge in [0.1, 0.15) is 11.5 Å². The number of nitro benzene ring substituents is 1. The van der Waals surface area contributed by atoms with Crippen LogP contribution < -0.4 is 4.74 Å². The van der Waals surface area contributed by atoms with Crippen LogP contribution in [0, 0.1) is 10.1 Å². The van der Waals surface area contributed by atoms with Crippen molar-refractivity contribution in [2.24, 2.45) is 0 Å². The van der Waals surface area contributed by atoms with E-state index in [2.05, 4.69) is 20.7 Å². The Kier molecular flexibility index (Phi) is 9.92. The number of alkyl halides is 1. The maximum absolute atomic E-state index is 10.8. The first-order valence-corrected chi connectivity index (χ1v) is 9.17.